The van der Waals surface area contributed by atoms with Crippen molar-refractivity contribution >= 4 is 6.09 Å². The van der Waals surface area contributed by atoms with Crippen molar-refractivity contribution in [2.75, 3.05) is 6.61 Å². The van der Waals surface area contributed by atoms with Crippen LogP contribution in [-0.4, -0.2) is 12.7 Å². The molecule has 1 fully saturated rings. The average molecular weight is 251 g/mol. The molecule has 0 aromatic heterocycles. The van der Waals surface area contributed by atoms with Crippen molar-refractivity contribution in [3.8, 4) is 11.1 Å². The first-order valence-corrected chi connectivity index (χ1v) is 6.46. The normalized spacial score (nSPS) is 19.6. The fraction of sp³-hybridized carbons (Fsp3) is 0.188. The summed E-state index contributed by atoms with van der Waals surface area (Å²) >= 11 is 0. The van der Waals surface area contributed by atoms with E-state index >= 15 is 0 Å². The van der Waals surface area contributed by atoms with Crippen LogP contribution in [-0.2, 0) is 11.2 Å². The van der Waals surface area contributed by atoms with E-state index in [2.05, 4.69) is 47.8 Å². The Morgan fingerprint density at radius 2 is 1.89 bits per heavy atom. The molecule has 2 aliphatic rings. The van der Waals surface area contributed by atoms with Gasteiger partial charge in [0.2, 0.25) is 0 Å². The molecule has 3 nitrogen and oxygen atoms in total. The maximum absolute atomic E-state index is 11.1. The zero-order valence-corrected chi connectivity index (χ0v) is 10.3. The average Bonchev–Trinajstić information content (AvgIpc) is 3.01. The van der Waals surface area contributed by atoms with Gasteiger partial charge in [-0.25, -0.2) is 4.79 Å². The highest BCUT2D eigenvalue weighted by molar-refractivity contribution is 5.77. The smallest absolute Gasteiger partial charge is 0.407 e. The lowest BCUT2D eigenvalue weighted by Gasteiger charge is -2.09. The number of nitrogens with one attached hydrogen (secondary N) is 1. The predicted octanol–water partition coefficient (Wildman–Crippen LogP) is 3.04. The number of alkyl carbamates (subject to hydrolysis) is 1. The van der Waals surface area contributed by atoms with Gasteiger partial charge >= 0.3 is 6.09 Å². The van der Waals surface area contributed by atoms with Gasteiger partial charge in [0.05, 0.1) is 6.04 Å². The van der Waals surface area contributed by atoms with Crippen LogP contribution in [0.1, 0.15) is 22.7 Å². The summed E-state index contributed by atoms with van der Waals surface area (Å²) in [5.41, 5.74) is 6.47. The Morgan fingerprint density at radius 1 is 1.05 bits per heavy atom. The van der Waals surface area contributed by atoms with Gasteiger partial charge in [0, 0.05) is 0 Å². The van der Waals surface area contributed by atoms with Crippen molar-refractivity contribution < 1.29 is 9.53 Å². The fourth-order valence-electron chi connectivity index (χ4n) is 2.95. The quantitative estimate of drug-likeness (QED) is 0.722. The van der Waals surface area contributed by atoms with Gasteiger partial charge in [-0.3, -0.25) is 0 Å². The minimum atomic E-state index is -0.325. The summed E-state index contributed by atoms with van der Waals surface area (Å²) in [7, 11) is 0. The first-order valence-electron chi connectivity index (χ1n) is 6.46. The molecule has 1 atom stereocenters. The van der Waals surface area contributed by atoms with Crippen LogP contribution in [0.4, 0.5) is 4.79 Å². The molecule has 19 heavy (non-hydrogen) atoms. The lowest BCUT2D eigenvalue weighted by Crippen LogP contribution is -2.18. The third-order valence-corrected chi connectivity index (χ3v) is 3.89. The van der Waals surface area contributed by atoms with E-state index in [9.17, 15) is 4.79 Å². The molecule has 0 saturated carbocycles. The Morgan fingerprint density at radius 3 is 2.74 bits per heavy atom. The van der Waals surface area contributed by atoms with E-state index in [1.165, 1.54) is 22.3 Å². The number of benzene rings is 2. The van der Waals surface area contributed by atoms with Crippen LogP contribution in [0.25, 0.3) is 11.1 Å². The second-order valence-electron chi connectivity index (χ2n) is 5.05. The molecule has 4 rings (SSSR count). The molecule has 0 spiro atoms. The molecule has 3 heteroatoms. The predicted molar refractivity (Wildman–Crippen MR) is 71.9 cm³/mol. The zero-order valence-electron chi connectivity index (χ0n) is 10.3. The van der Waals surface area contributed by atoms with Crippen molar-refractivity contribution in [1.82, 2.24) is 5.32 Å². The monoisotopic (exact) mass is 251 g/mol. The molecular formula is C16H13NO2. The third-order valence-electron chi connectivity index (χ3n) is 3.89. The Hall–Kier alpha value is -2.29. The van der Waals surface area contributed by atoms with Crippen LogP contribution < -0.4 is 5.32 Å². The number of cyclic esters (lactones) is 1. The Bertz CT molecular complexity index is 678. The van der Waals surface area contributed by atoms with Gasteiger partial charge < -0.3 is 10.1 Å². The number of ether oxygens (including phenoxy) is 1. The van der Waals surface area contributed by atoms with Gasteiger partial charge in [-0.15, -0.1) is 0 Å². The maximum atomic E-state index is 11.1. The SMILES string of the molecule is O=C1N[C@@H](c2ccc3c(c2)Cc2ccccc2-3)CO1. The first-order chi connectivity index (χ1) is 9.31. The van der Waals surface area contributed by atoms with E-state index in [0.717, 1.165) is 12.0 Å². The zero-order chi connectivity index (χ0) is 12.8. The molecule has 1 aliphatic carbocycles. The van der Waals surface area contributed by atoms with Gasteiger partial charge in [-0.2, -0.15) is 0 Å². The van der Waals surface area contributed by atoms with Crippen LogP contribution in [0.15, 0.2) is 42.5 Å². The Kier molecular flexibility index (Phi) is 2.15. The number of hydrogen-bond acceptors (Lipinski definition) is 2. The number of fused-ring (bicyclic) bond motifs is 3. The van der Waals surface area contributed by atoms with Crippen LogP contribution in [0.2, 0.25) is 0 Å². The van der Waals surface area contributed by atoms with Crippen molar-refractivity contribution in [2.24, 2.45) is 0 Å². The third kappa shape index (κ3) is 1.62. The van der Waals surface area contributed by atoms with Crippen molar-refractivity contribution in [3.63, 3.8) is 0 Å². The standard InChI is InChI=1S/C16H13NO2/c18-16-17-15(9-19-16)11-5-6-14-12(8-11)7-10-3-1-2-4-13(10)14/h1-6,8,15H,7,9H2,(H,17,18)/t15-/m1/s1. The minimum Gasteiger partial charge on any atom is -0.447 e. The first kappa shape index (κ1) is 10.6. The topological polar surface area (TPSA) is 38.3 Å². The fourth-order valence-corrected chi connectivity index (χ4v) is 2.95. The van der Waals surface area contributed by atoms with Crippen LogP contribution in [0.3, 0.4) is 0 Å². The van der Waals surface area contributed by atoms with Gasteiger partial charge in [0.1, 0.15) is 6.61 Å². The Balaban J connectivity index is 1.73. The molecule has 1 N–H and O–H groups in total. The van der Waals surface area contributed by atoms with Crippen molar-refractivity contribution in [1.29, 1.82) is 0 Å². The molecule has 1 amide bonds. The van der Waals surface area contributed by atoms with E-state index in [4.69, 9.17) is 4.74 Å². The minimum absolute atomic E-state index is 0.0125. The van der Waals surface area contributed by atoms with E-state index in [0.29, 0.717) is 6.61 Å². The number of carbonyl (C=O) groups is 1. The van der Waals surface area contributed by atoms with Gasteiger partial charge in [-0.05, 0) is 34.2 Å². The molecule has 0 bridgehead atoms. The molecule has 0 radical (unpaired) electrons. The van der Waals surface area contributed by atoms with E-state index < -0.39 is 0 Å². The van der Waals surface area contributed by atoms with Gasteiger partial charge in [0.15, 0.2) is 0 Å². The lowest BCUT2D eigenvalue weighted by atomic mass is 10.0. The number of carbonyl (C=O) groups excluding carboxylic acids is 1. The summed E-state index contributed by atoms with van der Waals surface area (Å²) in [5.74, 6) is 0. The van der Waals surface area contributed by atoms with Crippen molar-refractivity contribution in [2.45, 2.75) is 12.5 Å². The summed E-state index contributed by atoms with van der Waals surface area (Å²) < 4.78 is 4.95. The highest BCUT2D eigenvalue weighted by atomic mass is 16.6. The van der Waals surface area contributed by atoms with Gasteiger partial charge in [-0.1, -0.05) is 42.5 Å². The number of amides is 1. The molecule has 2 aromatic carbocycles. The van der Waals surface area contributed by atoms with Crippen LogP contribution >= 0.6 is 0 Å². The van der Waals surface area contributed by atoms with E-state index in [1.807, 2.05) is 0 Å². The van der Waals surface area contributed by atoms with Crippen LogP contribution in [0, 0.1) is 0 Å². The summed E-state index contributed by atoms with van der Waals surface area (Å²) in [5, 5.41) is 2.82. The Labute approximate surface area is 111 Å². The second kappa shape index (κ2) is 3.85. The molecule has 1 heterocycles. The number of hydrogen-bond donors (Lipinski definition) is 1. The van der Waals surface area contributed by atoms with E-state index in [1.54, 1.807) is 0 Å². The van der Waals surface area contributed by atoms with Crippen LogP contribution in [0.5, 0.6) is 0 Å². The molecule has 94 valence electrons. The molecule has 1 saturated heterocycles. The summed E-state index contributed by atoms with van der Waals surface area (Å²) in [6, 6.07) is 14.9. The summed E-state index contributed by atoms with van der Waals surface area (Å²) in [6.45, 7) is 0.421. The maximum Gasteiger partial charge on any atom is 0.407 e. The highest BCUT2D eigenvalue weighted by Crippen LogP contribution is 2.37. The second-order valence-corrected chi connectivity index (χ2v) is 5.05. The van der Waals surface area contributed by atoms with Gasteiger partial charge in [0.25, 0.3) is 0 Å². The summed E-state index contributed by atoms with van der Waals surface area (Å²) in [4.78, 5) is 11.1. The number of rotatable bonds is 1. The highest BCUT2D eigenvalue weighted by Gasteiger charge is 2.25. The molecule has 2 aromatic rings. The van der Waals surface area contributed by atoms with Crippen molar-refractivity contribution in [3.05, 3.63) is 59.2 Å². The van der Waals surface area contributed by atoms with E-state index in [-0.39, 0.29) is 12.1 Å². The summed E-state index contributed by atoms with van der Waals surface area (Å²) in [6.07, 6.45) is 0.648. The lowest BCUT2D eigenvalue weighted by molar-refractivity contribution is 0.177. The molecule has 1 aliphatic heterocycles. The molecule has 0 unspecified atom stereocenters. The molecular weight excluding hydrogens is 238 g/mol. The largest absolute Gasteiger partial charge is 0.447 e.